The van der Waals surface area contributed by atoms with E-state index >= 15 is 0 Å². The lowest BCUT2D eigenvalue weighted by Gasteiger charge is -2.11. The van der Waals surface area contributed by atoms with E-state index in [-0.39, 0.29) is 0 Å². The summed E-state index contributed by atoms with van der Waals surface area (Å²) in [6, 6.07) is 4.16. The number of hydrogen-bond donors (Lipinski definition) is 2. The molecule has 0 aliphatic carbocycles. The van der Waals surface area contributed by atoms with Crippen LogP contribution in [-0.4, -0.2) is 30.5 Å². The Morgan fingerprint density at radius 3 is 3.17 bits per heavy atom. The number of methoxy groups -OCH3 is 1. The molecule has 0 fully saturated rings. The normalized spacial score (nSPS) is 12.8. The van der Waals surface area contributed by atoms with Crippen molar-refractivity contribution >= 4 is 11.3 Å². The fraction of sp³-hybridized carbons (Fsp3) is 0.462. The first-order valence-electron chi connectivity index (χ1n) is 6.07. The van der Waals surface area contributed by atoms with Gasteiger partial charge in [0.2, 0.25) is 0 Å². The summed E-state index contributed by atoms with van der Waals surface area (Å²) in [5, 5.41) is 12.7. The van der Waals surface area contributed by atoms with Gasteiger partial charge in [-0.2, -0.15) is 5.10 Å². The van der Waals surface area contributed by atoms with Gasteiger partial charge in [0, 0.05) is 32.4 Å². The Balaban J connectivity index is 1.89. The van der Waals surface area contributed by atoms with Crippen molar-refractivity contribution in [1.82, 2.24) is 15.5 Å². The fourth-order valence-electron chi connectivity index (χ4n) is 1.88. The number of nitrogens with one attached hydrogen (secondary N) is 2. The summed E-state index contributed by atoms with van der Waals surface area (Å²) < 4.78 is 5.12. The van der Waals surface area contributed by atoms with Crippen molar-refractivity contribution < 1.29 is 4.74 Å². The summed E-state index contributed by atoms with van der Waals surface area (Å²) in [5.74, 6) is 0.520. The van der Waals surface area contributed by atoms with E-state index in [9.17, 15) is 0 Å². The summed E-state index contributed by atoms with van der Waals surface area (Å²) in [6.07, 6.45) is 1.89. The Morgan fingerprint density at radius 2 is 2.44 bits per heavy atom. The van der Waals surface area contributed by atoms with Crippen LogP contribution < -0.4 is 5.32 Å². The predicted octanol–water partition coefficient (Wildman–Crippen LogP) is 2.51. The molecule has 2 N–H and O–H groups in total. The number of ether oxygens (including phenoxy) is 1. The highest BCUT2D eigenvalue weighted by Crippen LogP contribution is 2.25. The van der Waals surface area contributed by atoms with Crippen molar-refractivity contribution in [2.24, 2.45) is 5.92 Å². The highest BCUT2D eigenvalue weighted by Gasteiger charge is 2.08. The maximum atomic E-state index is 5.12. The maximum Gasteiger partial charge on any atom is 0.0794 e. The molecule has 2 heterocycles. The quantitative estimate of drug-likeness (QED) is 0.808. The fourth-order valence-corrected chi connectivity index (χ4v) is 2.63. The van der Waals surface area contributed by atoms with Crippen LogP contribution in [0.5, 0.6) is 0 Å². The van der Waals surface area contributed by atoms with Crippen LogP contribution in [0.2, 0.25) is 0 Å². The Morgan fingerprint density at radius 1 is 1.56 bits per heavy atom. The van der Waals surface area contributed by atoms with Crippen LogP contribution in [0.25, 0.3) is 10.6 Å². The molecule has 1 unspecified atom stereocenters. The lowest BCUT2D eigenvalue weighted by atomic mass is 10.2. The minimum Gasteiger partial charge on any atom is -0.384 e. The van der Waals surface area contributed by atoms with Gasteiger partial charge in [-0.3, -0.25) is 5.10 Å². The summed E-state index contributed by atoms with van der Waals surface area (Å²) in [6.45, 7) is 4.74. The predicted molar refractivity (Wildman–Crippen MR) is 74.6 cm³/mol. The molecule has 2 aromatic heterocycles. The Bertz CT molecular complexity index is 453. The van der Waals surface area contributed by atoms with Gasteiger partial charge in [-0.15, -0.1) is 11.3 Å². The third-order valence-corrected chi connectivity index (χ3v) is 3.63. The highest BCUT2D eigenvalue weighted by atomic mass is 32.1. The van der Waals surface area contributed by atoms with E-state index in [1.165, 1.54) is 10.4 Å². The maximum absolute atomic E-state index is 5.12. The molecular weight excluding hydrogens is 246 g/mol. The lowest BCUT2D eigenvalue weighted by molar-refractivity contribution is 0.158. The molecule has 0 amide bonds. The van der Waals surface area contributed by atoms with E-state index in [0.717, 1.165) is 25.4 Å². The first-order chi connectivity index (χ1) is 8.81. The van der Waals surface area contributed by atoms with Gasteiger partial charge >= 0.3 is 0 Å². The smallest absolute Gasteiger partial charge is 0.0794 e. The van der Waals surface area contributed by atoms with Crippen LogP contribution in [0.1, 0.15) is 12.5 Å². The first kappa shape index (κ1) is 13.3. The van der Waals surface area contributed by atoms with Gasteiger partial charge in [-0.1, -0.05) is 13.0 Å². The molecular formula is C13H19N3OS. The van der Waals surface area contributed by atoms with E-state index in [1.807, 2.05) is 6.20 Å². The summed E-state index contributed by atoms with van der Waals surface area (Å²) in [7, 11) is 1.74. The van der Waals surface area contributed by atoms with Crippen molar-refractivity contribution in [2.75, 3.05) is 20.3 Å². The van der Waals surface area contributed by atoms with Crippen molar-refractivity contribution in [1.29, 1.82) is 0 Å². The molecule has 0 radical (unpaired) electrons. The molecule has 98 valence electrons. The Labute approximate surface area is 111 Å². The SMILES string of the molecule is COCC(C)CNCc1cn[nH]c1-c1cccs1. The molecule has 0 spiro atoms. The summed E-state index contributed by atoms with van der Waals surface area (Å²) >= 11 is 1.72. The van der Waals surface area contributed by atoms with Gasteiger partial charge < -0.3 is 10.1 Å². The molecule has 1 atom stereocenters. The topological polar surface area (TPSA) is 49.9 Å². The minimum absolute atomic E-state index is 0.520. The molecule has 0 aliphatic rings. The molecule has 4 nitrogen and oxygen atoms in total. The number of nitrogens with zero attached hydrogens (tertiary/aromatic N) is 1. The Hall–Kier alpha value is -1.17. The third kappa shape index (κ3) is 3.41. The number of rotatable bonds is 7. The monoisotopic (exact) mass is 265 g/mol. The van der Waals surface area contributed by atoms with Gasteiger partial charge in [-0.05, 0) is 17.4 Å². The van der Waals surface area contributed by atoms with Crippen LogP contribution in [0.15, 0.2) is 23.7 Å². The molecule has 0 aliphatic heterocycles. The average molecular weight is 265 g/mol. The molecule has 2 aromatic rings. The molecule has 0 bridgehead atoms. The molecule has 0 saturated heterocycles. The molecule has 0 saturated carbocycles. The van der Waals surface area contributed by atoms with E-state index in [4.69, 9.17) is 4.74 Å². The molecule has 18 heavy (non-hydrogen) atoms. The number of hydrogen-bond acceptors (Lipinski definition) is 4. The van der Waals surface area contributed by atoms with Crippen molar-refractivity contribution in [3.63, 3.8) is 0 Å². The molecule has 5 heteroatoms. The van der Waals surface area contributed by atoms with E-state index in [2.05, 4.69) is 40.0 Å². The standard InChI is InChI=1S/C13H19N3OS/c1-10(9-17-2)6-14-7-11-8-15-16-13(11)12-4-3-5-18-12/h3-5,8,10,14H,6-7,9H2,1-2H3,(H,15,16). The zero-order chi connectivity index (χ0) is 12.8. The van der Waals surface area contributed by atoms with E-state index < -0.39 is 0 Å². The van der Waals surface area contributed by atoms with Crippen molar-refractivity contribution in [2.45, 2.75) is 13.5 Å². The van der Waals surface area contributed by atoms with Crippen LogP contribution in [0.3, 0.4) is 0 Å². The molecule has 2 rings (SSSR count). The lowest BCUT2D eigenvalue weighted by Crippen LogP contribution is -2.23. The first-order valence-corrected chi connectivity index (χ1v) is 6.95. The van der Waals surface area contributed by atoms with Gasteiger partial charge in [0.15, 0.2) is 0 Å². The van der Waals surface area contributed by atoms with Crippen LogP contribution >= 0.6 is 11.3 Å². The average Bonchev–Trinajstić information content (AvgIpc) is 2.98. The van der Waals surface area contributed by atoms with Crippen LogP contribution in [0.4, 0.5) is 0 Å². The molecule has 0 aromatic carbocycles. The van der Waals surface area contributed by atoms with Gasteiger partial charge in [0.1, 0.15) is 0 Å². The number of thiophene rings is 1. The second-order valence-corrected chi connectivity index (χ2v) is 5.39. The highest BCUT2D eigenvalue weighted by molar-refractivity contribution is 7.13. The summed E-state index contributed by atoms with van der Waals surface area (Å²) in [4.78, 5) is 1.23. The second kappa shape index (κ2) is 6.68. The Kier molecular flexibility index (Phi) is 4.92. The summed E-state index contributed by atoms with van der Waals surface area (Å²) in [5.41, 5.74) is 2.33. The van der Waals surface area contributed by atoms with Crippen molar-refractivity contribution in [3.05, 3.63) is 29.3 Å². The minimum atomic E-state index is 0.520. The zero-order valence-corrected chi connectivity index (χ0v) is 11.6. The second-order valence-electron chi connectivity index (χ2n) is 4.44. The third-order valence-electron chi connectivity index (χ3n) is 2.74. The van der Waals surface area contributed by atoms with Crippen LogP contribution in [0, 0.1) is 5.92 Å². The van der Waals surface area contributed by atoms with E-state index in [0.29, 0.717) is 5.92 Å². The number of aromatic nitrogens is 2. The zero-order valence-electron chi connectivity index (χ0n) is 10.8. The van der Waals surface area contributed by atoms with Crippen LogP contribution in [-0.2, 0) is 11.3 Å². The van der Waals surface area contributed by atoms with Gasteiger partial charge in [0.05, 0.1) is 16.8 Å². The number of aromatic amines is 1. The van der Waals surface area contributed by atoms with Crippen molar-refractivity contribution in [3.8, 4) is 10.6 Å². The van der Waals surface area contributed by atoms with Gasteiger partial charge in [0.25, 0.3) is 0 Å². The number of H-pyrrole nitrogens is 1. The largest absolute Gasteiger partial charge is 0.384 e. The van der Waals surface area contributed by atoms with Gasteiger partial charge in [-0.25, -0.2) is 0 Å². The van der Waals surface area contributed by atoms with E-state index in [1.54, 1.807) is 18.4 Å².